The number of carbonyl (C=O) groups is 11. The van der Waals surface area contributed by atoms with Crippen molar-refractivity contribution in [3.05, 3.63) is 278 Å². The smallest absolute Gasteiger partial charge is 0.304 e. The number of benzene rings is 8. The van der Waals surface area contributed by atoms with Crippen molar-refractivity contribution in [2.75, 3.05) is 88.1 Å². The van der Waals surface area contributed by atoms with E-state index in [1.54, 1.807) is 120 Å². The number of nitrogens with zero attached hydrogens (tertiary/aromatic N) is 13. The topological polar surface area (TPSA) is 381 Å². The van der Waals surface area contributed by atoms with Crippen LogP contribution >= 0.6 is 0 Å². The SMILES string of the molecule is CCCCN(CCCC)C(=O)c1cc(C)n(-c2ccc(NC(=O)C(C)(C)CC(=O)O)cc2C(=O)N2Cc3ccccc3C[C@H]2CO)n1.CCCCN(CCCC)C(=O)c1cc(C)n(-c2ccc(NC(=O)C3CC(=O)N(CC(C)C)C3)cc2C(=O)N2Cc3ccccc3C[C@H]2CO)n1.CCCCN(CCCC)C(=O)c1cc(C)n(-c2ccc(NC(=O)Cc3ccc4ccccc4c3)cc2C(=O)N2Cc3ccccc3C[C@H]2CO)n1. The molecule has 784 valence electrons. The molecular formula is C117H146N16O15. The third kappa shape index (κ3) is 27.4. The summed E-state index contributed by atoms with van der Waals surface area (Å²) in [6, 6.07) is 56.8. The van der Waals surface area contributed by atoms with Crippen molar-refractivity contribution in [1.29, 1.82) is 0 Å². The fourth-order valence-corrected chi connectivity index (χ4v) is 19.6. The highest BCUT2D eigenvalue weighted by Gasteiger charge is 2.40. The van der Waals surface area contributed by atoms with Gasteiger partial charge in [-0.1, -0.05) is 223 Å². The maximum atomic E-state index is 14.6. The van der Waals surface area contributed by atoms with Crippen molar-refractivity contribution in [1.82, 2.24) is 63.6 Å². The zero-order valence-corrected chi connectivity index (χ0v) is 88.0. The van der Waals surface area contributed by atoms with Gasteiger partial charge < -0.3 is 70.7 Å². The van der Waals surface area contributed by atoms with Crippen LogP contribution in [0, 0.1) is 38.0 Å². The Morgan fingerprint density at radius 2 is 0.750 bits per heavy atom. The Kier molecular flexibility index (Phi) is 38.9. The maximum absolute atomic E-state index is 14.6. The van der Waals surface area contributed by atoms with Gasteiger partial charge in [0.25, 0.3) is 35.4 Å². The Balaban J connectivity index is 0.000000186. The average molecular weight is 2020 g/mol. The number of carbonyl (C=O) groups excluding carboxylic acids is 10. The standard InChI is InChI=1S/C42H47N5O4.C39H52N6O5.C36H47N5O6/c1-4-6-20-45(21-7-5-2)42(51)38-22-29(3)47(44-38)39-19-18-35(43-40(49)24-30-16-17-31-12-8-9-13-32(31)23-30)26-37(39)41(50)46-27-34-15-11-10-14-33(34)25-36(46)28-48;1-6-8-16-42(17-9-7-2)39(50)34-18-27(5)45(41-34)35-15-14-31(40-37(48)30-20-36(47)43(23-30)22-26(3)4)21-33(35)38(49)44-24-29-13-11-10-12-28(29)19-32(44)25-46;1-6-8-16-39(17-9-7-2)34(46)30-18-24(3)41(38-30)31-15-14-27(37-35(47)36(4,5)21-32(43)44)20-29(31)33(45)40-22-26-13-11-10-12-25(26)19-28(40)23-42/h8-19,22-23,26,36,48H,4-7,20-21,24-25,27-28H2,1-3H3,(H,43,49);10-15,18,21,26,30,32,46H,6-9,16-17,19-20,22-25H2,1-5H3,(H,40,48);10-15,18,20,28,42H,6-9,16-17,19,21-23H2,1-5H3,(H,37,47)(H,43,44)/t36-;30?,32-;28-/m000/s1. The van der Waals surface area contributed by atoms with E-state index in [1.807, 2.05) is 165 Å². The number of carboxylic acid groups (broad SMARTS) is 1. The summed E-state index contributed by atoms with van der Waals surface area (Å²) < 4.78 is 4.84. The summed E-state index contributed by atoms with van der Waals surface area (Å²) in [7, 11) is 0. The minimum absolute atomic E-state index is 0.0343. The Bertz CT molecular complexity index is 6550. The molecular weight excluding hydrogens is 1870 g/mol. The normalized spacial score (nSPS) is 15.2. The molecule has 31 heteroatoms. The Labute approximate surface area is 868 Å². The number of rotatable bonds is 41. The highest BCUT2D eigenvalue weighted by atomic mass is 16.4. The van der Waals surface area contributed by atoms with E-state index in [1.165, 1.54) is 0 Å². The van der Waals surface area contributed by atoms with Gasteiger partial charge in [-0.05, 0) is 207 Å². The largest absolute Gasteiger partial charge is 0.481 e. The predicted octanol–water partition coefficient (Wildman–Crippen LogP) is 17.6. The van der Waals surface area contributed by atoms with Crippen LogP contribution in [0.15, 0.2) is 188 Å². The Morgan fingerprint density at radius 1 is 0.412 bits per heavy atom. The molecule has 0 aliphatic carbocycles. The molecule has 7 heterocycles. The second-order valence-electron chi connectivity index (χ2n) is 40.6. The number of fused-ring (bicyclic) bond motifs is 4. The molecule has 0 bridgehead atoms. The van der Waals surface area contributed by atoms with Crippen LogP contribution in [0.1, 0.15) is 278 Å². The van der Waals surface area contributed by atoms with Crippen LogP contribution in [-0.4, -0.2) is 239 Å². The van der Waals surface area contributed by atoms with E-state index in [4.69, 9.17) is 15.3 Å². The van der Waals surface area contributed by atoms with Gasteiger partial charge in [0.1, 0.15) is 0 Å². The monoisotopic (exact) mass is 2020 g/mol. The third-order valence-electron chi connectivity index (χ3n) is 28.1. The minimum Gasteiger partial charge on any atom is -0.481 e. The molecule has 10 amide bonds. The first-order chi connectivity index (χ1) is 71.2. The fraction of sp³-hybridized carbons (Fsp3) is 0.436. The summed E-state index contributed by atoms with van der Waals surface area (Å²) >= 11 is 0. The van der Waals surface area contributed by atoms with Crippen LogP contribution in [-0.2, 0) is 69.3 Å². The van der Waals surface area contributed by atoms with Crippen LogP contribution in [0.2, 0.25) is 0 Å². The molecule has 1 saturated heterocycles. The van der Waals surface area contributed by atoms with Gasteiger partial charge in [0, 0.05) is 113 Å². The summed E-state index contributed by atoms with van der Waals surface area (Å²) in [6.45, 7) is 30.5. The summed E-state index contributed by atoms with van der Waals surface area (Å²) in [6.07, 6.45) is 12.7. The number of nitrogens with one attached hydrogen (secondary N) is 3. The van der Waals surface area contributed by atoms with Gasteiger partial charge in [-0.3, -0.25) is 52.7 Å². The van der Waals surface area contributed by atoms with Gasteiger partial charge in [0.15, 0.2) is 17.1 Å². The van der Waals surface area contributed by atoms with E-state index in [-0.39, 0.29) is 116 Å². The third-order valence-corrected chi connectivity index (χ3v) is 28.1. The number of aliphatic carboxylic acids is 1. The second kappa shape index (κ2) is 51.8. The zero-order valence-electron chi connectivity index (χ0n) is 88.0. The first-order valence-corrected chi connectivity index (χ1v) is 52.6. The van der Waals surface area contributed by atoms with Crippen LogP contribution in [0.4, 0.5) is 17.1 Å². The lowest BCUT2D eigenvalue weighted by Crippen LogP contribution is -2.46. The molecule has 1 unspecified atom stereocenters. The number of hydrogen-bond acceptors (Lipinski definition) is 17. The van der Waals surface area contributed by atoms with Gasteiger partial charge in [-0.15, -0.1) is 0 Å². The quantitative estimate of drug-likeness (QED) is 0.0187. The van der Waals surface area contributed by atoms with Gasteiger partial charge in [0.05, 0.1) is 95.9 Å². The maximum Gasteiger partial charge on any atom is 0.304 e. The van der Waals surface area contributed by atoms with Crippen molar-refractivity contribution in [2.24, 2.45) is 17.3 Å². The first-order valence-electron chi connectivity index (χ1n) is 52.6. The number of anilines is 3. The highest BCUT2D eigenvalue weighted by Crippen LogP contribution is 2.37. The van der Waals surface area contributed by atoms with E-state index in [0.717, 1.165) is 127 Å². The predicted molar refractivity (Wildman–Crippen MR) is 574 cm³/mol. The molecule has 11 aromatic rings. The van der Waals surface area contributed by atoms with Crippen molar-refractivity contribution in [3.8, 4) is 17.1 Å². The van der Waals surface area contributed by atoms with Crippen molar-refractivity contribution in [2.45, 2.75) is 243 Å². The van der Waals surface area contributed by atoms with Gasteiger partial charge in [-0.25, -0.2) is 14.0 Å². The minimum atomic E-state index is -1.21. The number of likely N-dealkylation sites (tertiary alicyclic amines) is 1. The van der Waals surface area contributed by atoms with E-state index < -0.39 is 41.3 Å². The first kappa shape index (κ1) is 111. The summed E-state index contributed by atoms with van der Waals surface area (Å²) in [5, 5.41) is 65.6. The number of amides is 10. The molecule has 0 radical (unpaired) electrons. The van der Waals surface area contributed by atoms with Gasteiger partial charge >= 0.3 is 5.97 Å². The Hall–Kier alpha value is -14.3. The number of aromatic nitrogens is 6. The van der Waals surface area contributed by atoms with Crippen molar-refractivity contribution < 1.29 is 73.2 Å². The van der Waals surface area contributed by atoms with Crippen LogP contribution in [0.25, 0.3) is 27.8 Å². The number of carboxylic acids is 1. The lowest BCUT2D eigenvalue weighted by atomic mass is 9.88. The fourth-order valence-electron chi connectivity index (χ4n) is 19.6. The molecule has 7 N–H and O–H groups in total. The van der Waals surface area contributed by atoms with Crippen LogP contribution < -0.4 is 16.0 Å². The number of hydrogen-bond donors (Lipinski definition) is 7. The summed E-state index contributed by atoms with van der Waals surface area (Å²) in [5.41, 5.74) is 12.3. The van der Waals surface area contributed by atoms with Gasteiger partial charge in [-0.2, -0.15) is 15.3 Å². The molecule has 15 rings (SSSR count). The Morgan fingerprint density at radius 3 is 1.09 bits per heavy atom. The second-order valence-corrected chi connectivity index (χ2v) is 40.6. The summed E-state index contributed by atoms with van der Waals surface area (Å²) in [4.78, 5) is 161. The van der Waals surface area contributed by atoms with E-state index in [0.29, 0.717) is 159 Å². The number of aliphatic hydroxyl groups excluding tert-OH is 3. The highest BCUT2D eigenvalue weighted by molar-refractivity contribution is 6.05. The molecule has 148 heavy (non-hydrogen) atoms. The van der Waals surface area contributed by atoms with Crippen molar-refractivity contribution in [3.63, 3.8) is 0 Å². The van der Waals surface area contributed by atoms with Gasteiger partial charge in [0.2, 0.25) is 23.6 Å². The van der Waals surface area contributed by atoms with E-state index >= 15 is 0 Å². The molecule has 4 aliphatic rings. The van der Waals surface area contributed by atoms with Crippen LogP contribution in [0.5, 0.6) is 0 Å². The number of aliphatic hydroxyl groups is 3. The summed E-state index contributed by atoms with van der Waals surface area (Å²) in [5.74, 6) is -3.75. The lowest BCUT2D eigenvalue weighted by molar-refractivity contribution is -0.142. The molecule has 31 nitrogen and oxygen atoms in total. The molecule has 0 spiro atoms. The van der Waals surface area contributed by atoms with Crippen LogP contribution in [0.3, 0.4) is 0 Å². The molecule has 0 saturated carbocycles. The molecule has 4 atom stereocenters. The number of aryl methyl sites for hydroxylation is 3. The molecule has 4 aliphatic heterocycles. The van der Waals surface area contributed by atoms with E-state index in [2.05, 4.69) is 57.5 Å². The molecule has 1 fully saturated rings. The van der Waals surface area contributed by atoms with E-state index in [9.17, 15) is 73.2 Å². The number of unbranched alkanes of at least 4 members (excludes halogenated alkanes) is 6. The molecule has 3 aromatic heterocycles. The average Bonchev–Trinajstić information content (AvgIpc) is 1.48. The zero-order chi connectivity index (χ0) is 106. The lowest BCUT2D eigenvalue weighted by Gasteiger charge is -2.36. The van der Waals surface area contributed by atoms with Crippen molar-refractivity contribution >= 4 is 92.9 Å². The molecule has 8 aromatic carbocycles.